The molecule has 0 aliphatic heterocycles. The van der Waals surface area contributed by atoms with E-state index in [9.17, 15) is 14.4 Å². The molecule has 0 bridgehead atoms. The van der Waals surface area contributed by atoms with Crippen molar-refractivity contribution >= 4 is 23.4 Å². The predicted molar refractivity (Wildman–Crippen MR) is 104 cm³/mol. The van der Waals surface area contributed by atoms with Gasteiger partial charge in [-0.05, 0) is 44.2 Å². The second-order valence-corrected chi connectivity index (χ2v) is 6.10. The third-order valence-electron chi connectivity index (χ3n) is 4.03. The van der Waals surface area contributed by atoms with Gasteiger partial charge < -0.3 is 9.73 Å². The molecule has 3 rings (SSSR count). The third-order valence-corrected chi connectivity index (χ3v) is 4.03. The minimum atomic E-state index is -0.560. The fourth-order valence-electron chi connectivity index (χ4n) is 2.68. The number of carbonyl (C=O) groups excluding carboxylic acids is 3. The topological polar surface area (TPSA) is 100 Å². The molecule has 3 amide bonds. The van der Waals surface area contributed by atoms with Gasteiger partial charge >= 0.3 is 0 Å². The van der Waals surface area contributed by atoms with Crippen molar-refractivity contribution in [2.75, 3.05) is 5.32 Å². The lowest BCUT2D eigenvalue weighted by molar-refractivity contribution is 0.0846. The standard InChI is InChI=1S/C21H19N3O4/c1-13-12-17(14(2)28-13)21(27)24-23-20(26)16-10-6-7-11-18(16)22-19(25)15-8-4-3-5-9-15/h3-12H,1-2H3,(H,22,25)(H,23,26)(H,24,27). The highest BCUT2D eigenvalue weighted by Crippen LogP contribution is 2.16. The first kappa shape index (κ1) is 18.9. The zero-order valence-corrected chi connectivity index (χ0v) is 15.4. The summed E-state index contributed by atoms with van der Waals surface area (Å²) in [4.78, 5) is 37.1. The van der Waals surface area contributed by atoms with Gasteiger partial charge in [0.2, 0.25) is 0 Å². The Bertz CT molecular complexity index is 1030. The Morgan fingerprint density at radius 2 is 1.36 bits per heavy atom. The van der Waals surface area contributed by atoms with Crippen LogP contribution in [0.2, 0.25) is 0 Å². The highest BCUT2D eigenvalue weighted by molar-refractivity contribution is 6.09. The summed E-state index contributed by atoms with van der Waals surface area (Å²) in [6.07, 6.45) is 0. The Balaban J connectivity index is 1.70. The molecule has 28 heavy (non-hydrogen) atoms. The van der Waals surface area contributed by atoms with Crippen LogP contribution in [-0.4, -0.2) is 17.7 Å². The third kappa shape index (κ3) is 4.27. The number of aryl methyl sites for hydroxylation is 2. The highest BCUT2D eigenvalue weighted by Gasteiger charge is 2.17. The summed E-state index contributed by atoms with van der Waals surface area (Å²) in [5.41, 5.74) is 6.06. The number of hydrazine groups is 1. The van der Waals surface area contributed by atoms with Crippen LogP contribution in [0.1, 0.15) is 42.6 Å². The average Bonchev–Trinajstić information content (AvgIpc) is 3.05. The number of furan rings is 1. The second-order valence-electron chi connectivity index (χ2n) is 6.10. The lowest BCUT2D eigenvalue weighted by Gasteiger charge is -2.12. The number of para-hydroxylation sites is 1. The molecule has 0 atom stereocenters. The van der Waals surface area contributed by atoms with E-state index in [1.165, 1.54) is 0 Å². The molecule has 0 aliphatic rings. The molecular formula is C21H19N3O4. The number of carbonyl (C=O) groups is 3. The molecule has 1 aromatic heterocycles. The molecule has 3 N–H and O–H groups in total. The van der Waals surface area contributed by atoms with Gasteiger partial charge in [0.05, 0.1) is 16.8 Å². The van der Waals surface area contributed by atoms with Gasteiger partial charge in [-0.15, -0.1) is 0 Å². The largest absolute Gasteiger partial charge is 0.466 e. The molecule has 0 saturated carbocycles. The maximum Gasteiger partial charge on any atom is 0.273 e. The SMILES string of the molecule is Cc1cc(C(=O)NNC(=O)c2ccccc2NC(=O)c2ccccc2)c(C)o1. The lowest BCUT2D eigenvalue weighted by atomic mass is 10.1. The van der Waals surface area contributed by atoms with Gasteiger partial charge in [-0.3, -0.25) is 25.2 Å². The van der Waals surface area contributed by atoms with E-state index in [0.717, 1.165) is 0 Å². The van der Waals surface area contributed by atoms with E-state index in [2.05, 4.69) is 16.2 Å². The Morgan fingerprint density at radius 1 is 0.750 bits per heavy atom. The molecule has 0 aliphatic carbocycles. The first-order valence-corrected chi connectivity index (χ1v) is 8.59. The van der Waals surface area contributed by atoms with Crippen LogP contribution in [0, 0.1) is 13.8 Å². The normalized spacial score (nSPS) is 10.2. The Labute approximate surface area is 161 Å². The average molecular weight is 377 g/mol. The summed E-state index contributed by atoms with van der Waals surface area (Å²) in [5, 5.41) is 2.71. The molecule has 142 valence electrons. The number of hydrogen-bond acceptors (Lipinski definition) is 4. The van der Waals surface area contributed by atoms with Crippen molar-refractivity contribution in [3.05, 3.63) is 88.9 Å². The van der Waals surface area contributed by atoms with Crippen LogP contribution in [0.3, 0.4) is 0 Å². The van der Waals surface area contributed by atoms with Crippen molar-refractivity contribution in [2.24, 2.45) is 0 Å². The van der Waals surface area contributed by atoms with Crippen LogP contribution in [0.4, 0.5) is 5.69 Å². The molecule has 1 heterocycles. The zero-order valence-electron chi connectivity index (χ0n) is 15.4. The molecule has 0 fully saturated rings. The molecule has 7 nitrogen and oxygen atoms in total. The van der Waals surface area contributed by atoms with Crippen molar-refractivity contribution in [1.29, 1.82) is 0 Å². The van der Waals surface area contributed by atoms with Gasteiger partial charge in [0.25, 0.3) is 17.7 Å². The Morgan fingerprint density at radius 3 is 2.00 bits per heavy atom. The summed E-state index contributed by atoms with van der Waals surface area (Å²) in [6, 6.07) is 16.8. The molecule has 7 heteroatoms. The fourth-order valence-corrected chi connectivity index (χ4v) is 2.68. The summed E-state index contributed by atoms with van der Waals surface area (Å²) in [7, 11) is 0. The summed E-state index contributed by atoms with van der Waals surface area (Å²) >= 11 is 0. The van der Waals surface area contributed by atoms with Crippen LogP contribution >= 0.6 is 0 Å². The smallest absolute Gasteiger partial charge is 0.273 e. The maximum absolute atomic E-state index is 12.5. The van der Waals surface area contributed by atoms with Gasteiger partial charge in [0.1, 0.15) is 11.5 Å². The number of benzene rings is 2. The van der Waals surface area contributed by atoms with Crippen LogP contribution in [0.25, 0.3) is 0 Å². The van der Waals surface area contributed by atoms with Crippen LogP contribution < -0.4 is 16.2 Å². The van der Waals surface area contributed by atoms with Crippen molar-refractivity contribution in [3.63, 3.8) is 0 Å². The van der Waals surface area contributed by atoms with E-state index >= 15 is 0 Å². The summed E-state index contributed by atoms with van der Waals surface area (Å²) in [5.74, 6) is -0.333. The van der Waals surface area contributed by atoms with Crippen LogP contribution in [0.15, 0.2) is 65.1 Å². The monoisotopic (exact) mass is 377 g/mol. The number of nitrogens with one attached hydrogen (secondary N) is 3. The summed E-state index contributed by atoms with van der Waals surface area (Å²) in [6.45, 7) is 3.40. The fraction of sp³-hybridized carbons (Fsp3) is 0.0952. The van der Waals surface area contributed by atoms with Crippen molar-refractivity contribution < 1.29 is 18.8 Å². The minimum absolute atomic E-state index is 0.215. The highest BCUT2D eigenvalue weighted by atomic mass is 16.3. The lowest BCUT2D eigenvalue weighted by Crippen LogP contribution is -2.42. The van der Waals surface area contributed by atoms with Gasteiger partial charge in [0.15, 0.2) is 0 Å². The van der Waals surface area contributed by atoms with Gasteiger partial charge in [-0.1, -0.05) is 30.3 Å². The van der Waals surface area contributed by atoms with Crippen LogP contribution in [-0.2, 0) is 0 Å². The van der Waals surface area contributed by atoms with Gasteiger partial charge in [-0.25, -0.2) is 0 Å². The van der Waals surface area contributed by atoms with E-state index in [4.69, 9.17) is 4.42 Å². The molecular weight excluding hydrogens is 358 g/mol. The molecule has 0 unspecified atom stereocenters. The van der Waals surface area contributed by atoms with Crippen molar-refractivity contribution in [3.8, 4) is 0 Å². The Hall–Kier alpha value is -3.87. The van der Waals surface area contributed by atoms with Crippen LogP contribution in [0.5, 0.6) is 0 Å². The first-order chi connectivity index (χ1) is 13.5. The van der Waals surface area contributed by atoms with E-state index in [1.54, 1.807) is 68.4 Å². The van der Waals surface area contributed by atoms with E-state index in [-0.39, 0.29) is 11.5 Å². The van der Waals surface area contributed by atoms with Crippen molar-refractivity contribution in [1.82, 2.24) is 10.9 Å². The predicted octanol–water partition coefficient (Wildman–Crippen LogP) is 3.22. The van der Waals surface area contributed by atoms with Gasteiger partial charge in [-0.2, -0.15) is 0 Å². The maximum atomic E-state index is 12.5. The molecule has 2 aromatic carbocycles. The first-order valence-electron chi connectivity index (χ1n) is 8.59. The molecule has 0 radical (unpaired) electrons. The summed E-state index contributed by atoms with van der Waals surface area (Å²) < 4.78 is 5.31. The number of anilines is 1. The minimum Gasteiger partial charge on any atom is -0.466 e. The van der Waals surface area contributed by atoms with Gasteiger partial charge in [0, 0.05) is 5.56 Å². The van der Waals surface area contributed by atoms with E-state index < -0.39 is 11.8 Å². The zero-order chi connectivity index (χ0) is 20.1. The number of hydrogen-bond donors (Lipinski definition) is 3. The van der Waals surface area contributed by atoms with Crippen molar-refractivity contribution in [2.45, 2.75) is 13.8 Å². The number of amides is 3. The molecule has 0 spiro atoms. The number of rotatable bonds is 4. The van der Waals surface area contributed by atoms with E-state index in [1.807, 2.05) is 6.07 Å². The molecule has 0 saturated heterocycles. The molecule has 3 aromatic rings. The van der Waals surface area contributed by atoms with E-state index in [0.29, 0.717) is 28.3 Å². The quantitative estimate of drug-likeness (QED) is 0.608. The Kier molecular flexibility index (Phi) is 5.55. The second kappa shape index (κ2) is 8.22.